The zero-order valence-electron chi connectivity index (χ0n) is 15.1. The van der Waals surface area contributed by atoms with Crippen LogP contribution in [0.3, 0.4) is 0 Å². The van der Waals surface area contributed by atoms with Crippen molar-refractivity contribution in [1.82, 2.24) is 29.1 Å². The van der Waals surface area contributed by atoms with Gasteiger partial charge in [-0.2, -0.15) is 18.1 Å². The summed E-state index contributed by atoms with van der Waals surface area (Å²) < 4.78 is 48.5. The van der Waals surface area contributed by atoms with E-state index in [1.807, 2.05) is 0 Å². The van der Waals surface area contributed by atoms with Gasteiger partial charge in [0.15, 0.2) is 0 Å². The minimum Gasteiger partial charge on any atom is -0.601 e. The summed E-state index contributed by atoms with van der Waals surface area (Å²) >= 11 is 0. The molecule has 1 aromatic carbocycles. The van der Waals surface area contributed by atoms with E-state index in [0.717, 1.165) is 21.1 Å². The number of nitrogens with one attached hydrogen (secondary N) is 1. The van der Waals surface area contributed by atoms with Crippen LogP contribution in [0.25, 0.3) is 22.4 Å². The van der Waals surface area contributed by atoms with E-state index in [9.17, 15) is 27.8 Å². The van der Waals surface area contributed by atoms with E-state index in [0.29, 0.717) is 0 Å². The molecule has 4 rings (SSSR count). The zero-order chi connectivity index (χ0) is 21.6. The Hall–Kier alpha value is -3.12. The summed E-state index contributed by atoms with van der Waals surface area (Å²) in [5, 5.41) is 7.46. The van der Waals surface area contributed by atoms with Crippen LogP contribution in [0.4, 0.5) is 13.2 Å². The fraction of sp³-hybridized carbons (Fsp3) is 0.188. The van der Waals surface area contributed by atoms with Crippen molar-refractivity contribution in [3.63, 3.8) is 0 Å². The number of imidazole rings is 1. The summed E-state index contributed by atoms with van der Waals surface area (Å²) in [4.78, 5) is 39.8. The van der Waals surface area contributed by atoms with E-state index in [1.54, 1.807) is 6.92 Å². The number of fused-ring (bicyclic) bond motifs is 3. The molecule has 2 N–H and O–H groups in total. The third kappa shape index (κ3) is 3.27. The molecule has 0 saturated heterocycles. The highest BCUT2D eigenvalue weighted by Gasteiger charge is 2.35. The van der Waals surface area contributed by atoms with Gasteiger partial charge in [0, 0.05) is 12.4 Å². The second kappa shape index (κ2) is 7.29. The van der Waals surface area contributed by atoms with Gasteiger partial charge in [-0.1, -0.05) is 0 Å². The molecule has 1 atom stereocenters. The number of ether oxygens (including phenoxy) is 1. The molecule has 10 nitrogen and oxygen atoms in total. The molecule has 3 aromatic heterocycles. The molecule has 0 aliphatic rings. The summed E-state index contributed by atoms with van der Waals surface area (Å²) in [6.45, 7) is 1.59. The molecule has 0 amide bonds. The van der Waals surface area contributed by atoms with E-state index >= 15 is 0 Å². The lowest BCUT2D eigenvalue weighted by molar-refractivity contribution is -0.168. The summed E-state index contributed by atoms with van der Waals surface area (Å²) in [6.07, 6.45) is -0.898. The van der Waals surface area contributed by atoms with E-state index < -0.39 is 30.8 Å². The van der Waals surface area contributed by atoms with Crippen molar-refractivity contribution in [1.29, 1.82) is 0 Å². The number of hydrogen-bond acceptors (Lipinski definition) is 7. The SMILES string of the molecule is CCO/C(c1nnc2c(=O)[nH]c3cc(C(F)(F)F)c(-n4ccnc4)cc3n12)=[P+](/[O-])O. The summed E-state index contributed by atoms with van der Waals surface area (Å²) in [5.74, 6) is -0.261. The summed E-state index contributed by atoms with van der Waals surface area (Å²) in [6, 6.07) is 1.93. The lowest BCUT2D eigenvalue weighted by atomic mass is 10.1. The van der Waals surface area contributed by atoms with Crippen molar-refractivity contribution >= 4 is 30.2 Å². The molecule has 0 aliphatic carbocycles. The number of rotatable bonds is 4. The second-order valence-electron chi connectivity index (χ2n) is 6.00. The first-order chi connectivity index (χ1) is 14.2. The van der Waals surface area contributed by atoms with Crippen LogP contribution in [0, 0.1) is 0 Å². The van der Waals surface area contributed by atoms with Gasteiger partial charge < -0.3 is 19.2 Å². The normalized spacial score (nSPS) is 13.3. The molecule has 0 radical (unpaired) electrons. The van der Waals surface area contributed by atoms with Crippen LogP contribution in [0.15, 0.2) is 35.6 Å². The Morgan fingerprint density at radius 2 is 2.13 bits per heavy atom. The molecule has 0 fully saturated rings. The van der Waals surface area contributed by atoms with Gasteiger partial charge in [-0.15, -0.1) is 10.2 Å². The van der Waals surface area contributed by atoms with E-state index in [1.165, 1.54) is 18.7 Å². The van der Waals surface area contributed by atoms with Crippen LogP contribution in [-0.4, -0.2) is 46.1 Å². The number of aromatic amines is 1. The first-order valence-electron chi connectivity index (χ1n) is 8.39. The van der Waals surface area contributed by atoms with Crippen molar-refractivity contribution < 1.29 is 27.7 Å². The molecule has 30 heavy (non-hydrogen) atoms. The average molecular weight is 440 g/mol. The van der Waals surface area contributed by atoms with Crippen LogP contribution in [-0.2, 0) is 10.9 Å². The highest BCUT2D eigenvalue weighted by Crippen LogP contribution is 2.36. The van der Waals surface area contributed by atoms with Crippen molar-refractivity contribution in [2.24, 2.45) is 0 Å². The maximum atomic E-state index is 13.7. The molecular formula is C16H12F3N6O4P. The van der Waals surface area contributed by atoms with Gasteiger partial charge in [-0.25, -0.2) is 4.98 Å². The zero-order valence-corrected chi connectivity index (χ0v) is 16.0. The maximum absolute atomic E-state index is 13.7. The predicted molar refractivity (Wildman–Crippen MR) is 98.1 cm³/mol. The van der Waals surface area contributed by atoms with Crippen molar-refractivity contribution in [2.45, 2.75) is 13.1 Å². The first kappa shape index (κ1) is 20.2. The molecule has 0 spiro atoms. The fourth-order valence-corrected chi connectivity index (χ4v) is 3.58. The summed E-state index contributed by atoms with van der Waals surface area (Å²) in [7, 11) is -3.01. The Morgan fingerprint density at radius 1 is 1.37 bits per heavy atom. The number of nitrogens with zero attached hydrogens (tertiary/aromatic N) is 5. The maximum Gasteiger partial charge on any atom is 0.418 e. The Morgan fingerprint density at radius 3 is 2.73 bits per heavy atom. The Labute approximate surface area is 165 Å². The standard InChI is InChI=1S/C16H12F3N6O4P/c1-2-29-15(30(27)28)13-23-22-12-14(26)21-9-5-8(16(17,18)19)10(6-11(9)25(12)13)24-4-3-20-7-24/h3-7H,2H2,1H3,(H,21,26)(H,27,28). The molecule has 3 heterocycles. The predicted octanol–water partition coefficient (Wildman–Crippen LogP) is 0.954. The van der Waals surface area contributed by atoms with Crippen molar-refractivity contribution in [3.8, 4) is 5.69 Å². The van der Waals surface area contributed by atoms with Crippen molar-refractivity contribution in [3.05, 3.63) is 52.6 Å². The molecular weight excluding hydrogens is 428 g/mol. The number of benzene rings is 1. The monoisotopic (exact) mass is 440 g/mol. The van der Waals surface area contributed by atoms with E-state index in [2.05, 4.69) is 20.2 Å². The minimum absolute atomic E-state index is 0.0194. The van der Waals surface area contributed by atoms with Gasteiger partial charge in [-0.05, 0) is 19.1 Å². The third-order valence-corrected chi connectivity index (χ3v) is 4.88. The molecule has 14 heteroatoms. The Bertz CT molecular complexity index is 1340. The lowest BCUT2D eigenvalue weighted by Gasteiger charge is -2.15. The van der Waals surface area contributed by atoms with Crippen molar-refractivity contribution in [2.75, 3.05) is 6.61 Å². The number of halogens is 3. The number of H-pyrrole nitrogens is 1. The van der Waals surface area contributed by atoms with Crippen LogP contribution in [0.1, 0.15) is 18.3 Å². The average Bonchev–Trinajstić information content (AvgIpc) is 3.35. The highest BCUT2D eigenvalue weighted by molar-refractivity contribution is 7.45. The topological polar surface area (TPSA) is 133 Å². The van der Waals surface area contributed by atoms with E-state index in [-0.39, 0.29) is 34.8 Å². The van der Waals surface area contributed by atoms with Gasteiger partial charge in [0.05, 0.1) is 35.2 Å². The Kier molecular flexibility index (Phi) is 4.90. The van der Waals surface area contributed by atoms with Gasteiger partial charge in [0.2, 0.25) is 11.5 Å². The molecule has 0 bridgehead atoms. The van der Waals surface area contributed by atoms with Gasteiger partial charge >= 0.3 is 11.7 Å². The van der Waals surface area contributed by atoms with Crippen LogP contribution in [0.5, 0.6) is 0 Å². The van der Waals surface area contributed by atoms with Crippen LogP contribution in [0.2, 0.25) is 0 Å². The number of aromatic nitrogens is 6. The van der Waals surface area contributed by atoms with Gasteiger partial charge in [-0.3, -0.25) is 9.20 Å². The fourth-order valence-electron chi connectivity index (χ4n) is 3.02. The first-order valence-corrected chi connectivity index (χ1v) is 9.60. The summed E-state index contributed by atoms with van der Waals surface area (Å²) in [5.41, 5.74) is -2.94. The largest absolute Gasteiger partial charge is 0.601 e. The second-order valence-corrected chi connectivity index (χ2v) is 6.95. The highest BCUT2D eigenvalue weighted by atomic mass is 31.1. The van der Waals surface area contributed by atoms with Gasteiger partial charge in [0.25, 0.3) is 13.6 Å². The van der Waals surface area contributed by atoms with Gasteiger partial charge in [0.1, 0.15) is 0 Å². The number of hydrogen-bond donors (Lipinski definition) is 2. The molecule has 0 aliphatic heterocycles. The van der Waals surface area contributed by atoms with Crippen LogP contribution < -0.4 is 10.5 Å². The molecule has 4 aromatic rings. The smallest absolute Gasteiger partial charge is 0.418 e. The number of alkyl halides is 3. The van der Waals surface area contributed by atoms with E-state index in [4.69, 9.17) is 4.74 Å². The molecule has 1 unspecified atom stereocenters. The van der Waals surface area contributed by atoms with Crippen LogP contribution >= 0.6 is 8.00 Å². The quantitative estimate of drug-likeness (QED) is 0.452. The minimum atomic E-state index is -4.73. The molecule has 156 valence electrons. The lowest BCUT2D eigenvalue weighted by Crippen LogP contribution is -2.18. The Balaban J connectivity index is 2.16. The third-order valence-electron chi connectivity index (χ3n) is 4.20. The molecule has 0 saturated carbocycles.